The molecule has 0 heterocycles. The van der Waals surface area contributed by atoms with E-state index >= 15 is 0 Å². The fourth-order valence-electron chi connectivity index (χ4n) is 3.44. The molecule has 0 radical (unpaired) electrons. The topological polar surface area (TPSA) is 0 Å². The zero-order valence-corrected chi connectivity index (χ0v) is 13.8. The fraction of sp³-hybridized carbons (Fsp3) is 1.00. The molecule has 0 saturated carbocycles. The lowest BCUT2D eigenvalue weighted by molar-refractivity contribution is -0.212. The first-order valence-corrected chi connectivity index (χ1v) is 8.44. The molecule has 0 aliphatic carbocycles. The van der Waals surface area contributed by atoms with E-state index in [2.05, 4.69) is 6.92 Å². The van der Waals surface area contributed by atoms with Crippen LogP contribution in [0.25, 0.3) is 0 Å². The molecule has 0 saturated heterocycles. The summed E-state index contributed by atoms with van der Waals surface area (Å²) in [5.41, 5.74) is -0.554. The van der Waals surface area contributed by atoms with Gasteiger partial charge in [-0.25, -0.2) is 0 Å². The van der Waals surface area contributed by atoms with Crippen LogP contribution in [0.15, 0.2) is 0 Å². The predicted molar refractivity (Wildman–Crippen MR) is 80.8 cm³/mol. The van der Waals surface area contributed by atoms with E-state index in [0.29, 0.717) is 25.7 Å². The highest BCUT2D eigenvalue weighted by Gasteiger charge is 2.49. The van der Waals surface area contributed by atoms with Crippen LogP contribution in [-0.2, 0) is 0 Å². The van der Waals surface area contributed by atoms with Gasteiger partial charge in [0.25, 0.3) is 0 Å². The van der Waals surface area contributed by atoms with Crippen molar-refractivity contribution in [2.75, 3.05) is 0 Å². The summed E-state index contributed by atoms with van der Waals surface area (Å²) in [6.45, 7) is 7.88. The summed E-state index contributed by atoms with van der Waals surface area (Å²) >= 11 is 0. The summed E-state index contributed by atoms with van der Waals surface area (Å²) < 4.78 is 40.2. The van der Waals surface area contributed by atoms with Gasteiger partial charge in [-0.3, -0.25) is 0 Å². The highest BCUT2D eigenvalue weighted by Crippen LogP contribution is 2.49. The summed E-state index contributed by atoms with van der Waals surface area (Å²) in [7, 11) is 0. The van der Waals surface area contributed by atoms with Gasteiger partial charge in [0.15, 0.2) is 0 Å². The zero-order valence-electron chi connectivity index (χ0n) is 13.8. The molecule has 0 aliphatic heterocycles. The van der Waals surface area contributed by atoms with Gasteiger partial charge in [-0.1, -0.05) is 66.2 Å². The van der Waals surface area contributed by atoms with E-state index in [-0.39, 0.29) is 0 Å². The minimum Gasteiger partial charge on any atom is -0.171 e. The minimum atomic E-state index is -4.05. The molecule has 3 heteroatoms. The molecule has 0 N–H and O–H groups in total. The maximum absolute atomic E-state index is 13.4. The van der Waals surface area contributed by atoms with Crippen LogP contribution in [0.4, 0.5) is 13.2 Å². The van der Waals surface area contributed by atoms with Gasteiger partial charge in [-0.15, -0.1) is 0 Å². The molecule has 0 aromatic heterocycles. The van der Waals surface area contributed by atoms with Gasteiger partial charge in [-0.2, -0.15) is 13.2 Å². The molecule has 0 nitrogen and oxygen atoms in total. The Morgan fingerprint density at radius 2 is 1.15 bits per heavy atom. The van der Waals surface area contributed by atoms with Crippen molar-refractivity contribution in [3.8, 4) is 0 Å². The molecule has 0 fully saturated rings. The van der Waals surface area contributed by atoms with E-state index in [0.717, 1.165) is 25.7 Å². The van der Waals surface area contributed by atoms with E-state index in [4.69, 9.17) is 0 Å². The summed E-state index contributed by atoms with van der Waals surface area (Å²) in [5, 5.41) is 0. The first-order chi connectivity index (χ1) is 9.37. The number of unbranched alkanes of at least 4 members (excludes halogenated alkanes) is 5. The van der Waals surface area contributed by atoms with Crippen molar-refractivity contribution in [3.05, 3.63) is 0 Å². The van der Waals surface area contributed by atoms with E-state index < -0.39 is 17.5 Å². The van der Waals surface area contributed by atoms with E-state index in [1.807, 2.05) is 20.8 Å². The highest BCUT2D eigenvalue weighted by atomic mass is 19.4. The van der Waals surface area contributed by atoms with Crippen LogP contribution >= 0.6 is 0 Å². The Kier molecular flexibility index (Phi) is 9.58. The minimum absolute atomic E-state index is 0.311. The quantitative estimate of drug-likeness (QED) is 0.355. The molecule has 0 rings (SSSR count). The second kappa shape index (κ2) is 9.68. The van der Waals surface area contributed by atoms with Crippen LogP contribution in [0.5, 0.6) is 0 Å². The van der Waals surface area contributed by atoms with Crippen LogP contribution in [-0.4, -0.2) is 6.18 Å². The first kappa shape index (κ1) is 19.8. The normalized spacial score (nSPS) is 14.6. The van der Waals surface area contributed by atoms with Crippen molar-refractivity contribution in [1.29, 1.82) is 0 Å². The fourth-order valence-corrected chi connectivity index (χ4v) is 3.44. The monoisotopic (exact) mass is 294 g/mol. The van der Waals surface area contributed by atoms with Gasteiger partial charge in [0.1, 0.15) is 0 Å². The van der Waals surface area contributed by atoms with Crippen molar-refractivity contribution in [1.82, 2.24) is 0 Å². The molecule has 1 atom stereocenters. The highest BCUT2D eigenvalue weighted by molar-refractivity contribution is 4.87. The van der Waals surface area contributed by atoms with Crippen molar-refractivity contribution < 1.29 is 13.2 Å². The Labute approximate surface area is 123 Å². The van der Waals surface area contributed by atoms with Crippen molar-refractivity contribution in [3.63, 3.8) is 0 Å². The van der Waals surface area contributed by atoms with Gasteiger partial charge in [0, 0.05) is 0 Å². The Morgan fingerprint density at radius 1 is 0.700 bits per heavy atom. The van der Waals surface area contributed by atoms with Crippen LogP contribution in [0.1, 0.15) is 91.9 Å². The SMILES string of the molecule is CCCCCCCCC(C(F)(F)F)C(CC)(CC)CC. The second-order valence-corrected chi connectivity index (χ2v) is 6.07. The predicted octanol–water partition coefficient (Wildman–Crippen LogP) is 7.13. The van der Waals surface area contributed by atoms with Crippen LogP contribution in [0.2, 0.25) is 0 Å². The van der Waals surface area contributed by atoms with Gasteiger partial charge >= 0.3 is 6.18 Å². The standard InChI is InChI=1S/C17H33F3/c1-5-9-10-11-12-13-14-15(17(18,19)20)16(6-2,7-3)8-4/h15H,5-14H2,1-4H3. The number of rotatable bonds is 11. The second-order valence-electron chi connectivity index (χ2n) is 6.07. The van der Waals surface area contributed by atoms with Gasteiger partial charge in [-0.05, 0) is 31.1 Å². The lowest BCUT2D eigenvalue weighted by atomic mass is 9.67. The van der Waals surface area contributed by atoms with Gasteiger partial charge in [0.05, 0.1) is 5.92 Å². The lowest BCUT2D eigenvalue weighted by Crippen LogP contribution is -2.39. The Bertz CT molecular complexity index is 221. The third-order valence-corrected chi connectivity index (χ3v) is 5.09. The zero-order chi connectivity index (χ0) is 15.6. The van der Waals surface area contributed by atoms with E-state index in [9.17, 15) is 13.2 Å². The average molecular weight is 294 g/mol. The molecule has 0 spiro atoms. The molecular weight excluding hydrogens is 261 g/mol. The van der Waals surface area contributed by atoms with E-state index in [1.165, 1.54) is 12.8 Å². The van der Waals surface area contributed by atoms with Crippen molar-refractivity contribution >= 4 is 0 Å². The maximum Gasteiger partial charge on any atom is 0.392 e. The first-order valence-electron chi connectivity index (χ1n) is 8.44. The third kappa shape index (κ3) is 6.05. The third-order valence-electron chi connectivity index (χ3n) is 5.09. The van der Waals surface area contributed by atoms with Gasteiger partial charge < -0.3 is 0 Å². The Balaban J connectivity index is 4.51. The van der Waals surface area contributed by atoms with E-state index in [1.54, 1.807) is 0 Å². The molecule has 122 valence electrons. The van der Waals surface area contributed by atoms with Crippen LogP contribution in [0.3, 0.4) is 0 Å². The van der Waals surface area contributed by atoms with Crippen LogP contribution < -0.4 is 0 Å². The summed E-state index contributed by atoms with van der Waals surface area (Å²) in [6, 6.07) is 0. The summed E-state index contributed by atoms with van der Waals surface area (Å²) in [5.74, 6) is -1.12. The number of hydrogen-bond donors (Lipinski definition) is 0. The molecule has 0 aromatic rings. The lowest BCUT2D eigenvalue weighted by Gasteiger charge is -2.40. The van der Waals surface area contributed by atoms with Crippen LogP contribution in [0, 0.1) is 11.3 Å². The Morgan fingerprint density at radius 3 is 1.55 bits per heavy atom. The molecule has 1 unspecified atom stereocenters. The summed E-state index contributed by atoms with van der Waals surface area (Å²) in [6.07, 6.45) is 4.41. The Hall–Kier alpha value is -0.210. The molecular formula is C17H33F3. The number of hydrogen-bond acceptors (Lipinski definition) is 0. The largest absolute Gasteiger partial charge is 0.392 e. The maximum atomic E-state index is 13.4. The molecule has 20 heavy (non-hydrogen) atoms. The molecule has 0 aliphatic rings. The van der Waals surface area contributed by atoms with Crippen molar-refractivity contribution in [2.24, 2.45) is 11.3 Å². The molecule has 0 aromatic carbocycles. The smallest absolute Gasteiger partial charge is 0.171 e. The molecule has 0 bridgehead atoms. The van der Waals surface area contributed by atoms with Crippen molar-refractivity contribution in [2.45, 2.75) is 98.1 Å². The average Bonchev–Trinajstić information content (AvgIpc) is 2.41. The summed E-state index contributed by atoms with van der Waals surface area (Å²) in [4.78, 5) is 0. The number of halogens is 3. The van der Waals surface area contributed by atoms with Gasteiger partial charge in [0.2, 0.25) is 0 Å². The number of alkyl halides is 3. The molecule has 0 amide bonds.